The SMILES string of the molecule is CC(C)(C)OC(=O)N1C2COCC1CC(O)(c1cc(CC#N)ccc1F)C2. The van der Waals surface area contributed by atoms with E-state index in [-0.39, 0.29) is 38.0 Å². The van der Waals surface area contributed by atoms with Gasteiger partial charge in [-0.1, -0.05) is 6.07 Å². The van der Waals surface area contributed by atoms with Crippen LogP contribution in [0.4, 0.5) is 9.18 Å². The van der Waals surface area contributed by atoms with Gasteiger partial charge in [0.05, 0.1) is 43.4 Å². The number of ether oxygens (including phenoxy) is 2. The first-order chi connectivity index (χ1) is 12.6. The number of halogens is 1. The van der Waals surface area contributed by atoms with E-state index in [9.17, 15) is 14.3 Å². The molecule has 0 spiro atoms. The highest BCUT2D eigenvalue weighted by molar-refractivity contribution is 5.69. The van der Waals surface area contributed by atoms with E-state index >= 15 is 0 Å². The molecule has 7 heteroatoms. The Bertz CT molecular complexity index is 754. The van der Waals surface area contributed by atoms with Gasteiger partial charge in [-0.25, -0.2) is 9.18 Å². The zero-order chi connectivity index (χ0) is 19.8. The molecule has 2 bridgehead atoms. The second-order valence-corrected chi connectivity index (χ2v) is 8.32. The molecule has 1 N–H and O–H groups in total. The number of aliphatic hydroxyl groups is 1. The Morgan fingerprint density at radius 2 is 2.04 bits per heavy atom. The van der Waals surface area contributed by atoms with E-state index < -0.39 is 35.2 Å². The van der Waals surface area contributed by atoms with E-state index in [0.29, 0.717) is 5.56 Å². The number of carbonyl (C=O) groups excluding carboxylic acids is 1. The van der Waals surface area contributed by atoms with Crippen molar-refractivity contribution < 1.29 is 23.8 Å². The molecule has 2 fully saturated rings. The Kier molecular flexibility index (Phi) is 5.15. The fourth-order valence-electron chi connectivity index (χ4n) is 3.94. The fraction of sp³-hybridized carbons (Fsp3) is 0.600. The van der Waals surface area contributed by atoms with Crippen LogP contribution in [0.25, 0.3) is 0 Å². The Hall–Kier alpha value is -2.17. The first-order valence-electron chi connectivity index (χ1n) is 9.10. The molecule has 0 aromatic heterocycles. The van der Waals surface area contributed by atoms with Crippen molar-refractivity contribution in [2.45, 2.75) is 63.3 Å². The van der Waals surface area contributed by atoms with Gasteiger partial charge in [-0.05, 0) is 38.5 Å². The van der Waals surface area contributed by atoms with Crippen LogP contribution in [0, 0.1) is 17.1 Å². The molecule has 0 aliphatic carbocycles. The topological polar surface area (TPSA) is 82.8 Å². The standard InChI is InChI=1S/C20H25FN2O4/c1-19(2,3)27-18(24)23-14-9-20(25,10-15(23)12-26-11-14)16-8-13(6-7-22)4-5-17(16)21/h4-5,8,14-15,25H,6,9-12H2,1-3H3. The molecule has 2 heterocycles. The Labute approximate surface area is 158 Å². The molecular formula is C20H25FN2O4. The Morgan fingerprint density at radius 3 is 2.59 bits per heavy atom. The Balaban J connectivity index is 1.89. The number of carbonyl (C=O) groups is 1. The number of nitriles is 1. The largest absolute Gasteiger partial charge is 0.444 e. The number of amides is 1. The minimum atomic E-state index is -1.42. The maximum atomic E-state index is 14.5. The van der Waals surface area contributed by atoms with E-state index in [4.69, 9.17) is 14.7 Å². The summed E-state index contributed by atoms with van der Waals surface area (Å²) in [6.07, 6.45) is -0.00382. The fourth-order valence-corrected chi connectivity index (χ4v) is 3.94. The van der Waals surface area contributed by atoms with Crippen molar-refractivity contribution in [2.24, 2.45) is 0 Å². The molecule has 1 aromatic rings. The van der Waals surface area contributed by atoms with Crippen LogP contribution in [0.5, 0.6) is 0 Å². The van der Waals surface area contributed by atoms with E-state index in [1.165, 1.54) is 6.07 Å². The van der Waals surface area contributed by atoms with E-state index in [0.717, 1.165) is 0 Å². The average Bonchev–Trinajstić information content (AvgIpc) is 2.54. The minimum Gasteiger partial charge on any atom is -0.444 e. The summed E-state index contributed by atoms with van der Waals surface area (Å²) in [7, 11) is 0. The summed E-state index contributed by atoms with van der Waals surface area (Å²) < 4.78 is 25.6. The van der Waals surface area contributed by atoms with Gasteiger partial charge in [0, 0.05) is 18.4 Å². The predicted octanol–water partition coefficient (Wildman–Crippen LogP) is 2.88. The molecule has 2 atom stereocenters. The zero-order valence-electron chi connectivity index (χ0n) is 15.9. The summed E-state index contributed by atoms with van der Waals surface area (Å²) in [5.41, 5.74) is -1.22. The second kappa shape index (κ2) is 7.10. The summed E-state index contributed by atoms with van der Waals surface area (Å²) in [5.74, 6) is -0.510. The molecule has 146 valence electrons. The first-order valence-corrected chi connectivity index (χ1v) is 9.10. The number of rotatable bonds is 2. The van der Waals surface area contributed by atoms with E-state index in [2.05, 4.69) is 0 Å². The monoisotopic (exact) mass is 376 g/mol. The molecule has 27 heavy (non-hydrogen) atoms. The lowest BCUT2D eigenvalue weighted by molar-refractivity contribution is -0.142. The van der Waals surface area contributed by atoms with Crippen LogP contribution in [-0.2, 0) is 21.5 Å². The van der Waals surface area contributed by atoms with Crippen molar-refractivity contribution in [1.29, 1.82) is 5.26 Å². The summed E-state index contributed by atoms with van der Waals surface area (Å²) >= 11 is 0. The van der Waals surface area contributed by atoms with Gasteiger partial charge in [0.1, 0.15) is 11.4 Å². The number of morpholine rings is 1. The van der Waals surface area contributed by atoms with Crippen molar-refractivity contribution in [3.05, 3.63) is 35.1 Å². The Morgan fingerprint density at radius 1 is 1.41 bits per heavy atom. The highest BCUT2D eigenvalue weighted by Crippen LogP contribution is 2.42. The summed E-state index contributed by atoms with van der Waals surface area (Å²) in [5, 5.41) is 20.2. The molecule has 2 aliphatic rings. The van der Waals surface area contributed by atoms with Gasteiger partial charge < -0.3 is 14.6 Å². The highest BCUT2D eigenvalue weighted by Gasteiger charge is 2.50. The van der Waals surface area contributed by atoms with Crippen molar-refractivity contribution in [3.8, 4) is 6.07 Å². The third-order valence-electron chi connectivity index (χ3n) is 4.97. The normalized spacial score (nSPS) is 27.8. The molecule has 1 amide bonds. The molecule has 2 aliphatic heterocycles. The lowest BCUT2D eigenvalue weighted by Crippen LogP contribution is -2.63. The van der Waals surface area contributed by atoms with E-state index in [1.807, 2.05) is 6.07 Å². The van der Waals surface area contributed by atoms with Gasteiger partial charge in [-0.2, -0.15) is 5.26 Å². The molecule has 3 rings (SSSR count). The summed E-state index contributed by atoms with van der Waals surface area (Å²) in [6, 6.07) is 5.61. The minimum absolute atomic E-state index is 0.142. The third-order valence-corrected chi connectivity index (χ3v) is 4.97. The predicted molar refractivity (Wildman–Crippen MR) is 95.3 cm³/mol. The molecule has 2 unspecified atom stereocenters. The van der Waals surface area contributed by atoms with Crippen molar-refractivity contribution in [3.63, 3.8) is 0 Å². The maximum Gasteiger partial charge on any atom is 0.410 e. The molecular weight excluding hydrogens is 351 g/mol. The molecule has 0 radical (unpaired) electrons. The van der Waals surface area contributed by atoms with Crippen molar-refractivity contribution in [2.75, 3.05) is 13.2 Å². The smallest absolute Gasteiger partial charge is 0.410 e. The van der Waals surface area contributed by atoms with Crippen LogP contribution in [0.15, 0.2) is 18.2 Å². The van der Waals surface area contributed by atoms with Crippen molar-refractivity contribution in [1.82, 2.24) is 4.90 Å². The lowest BCUT2D eigenvalue weighted by atomic mass is 9.76. The van der Waals surface area contributed by atoms with Crippen LogP contribution >= 0.6 is 0 Å². The quantitative estimate of drug-likeness (QED) is 0.858. The van der Waals surface area contributed by atoms with Crippen molar-refractivity contribution >= 4 is 6.09 Å². The number of piperidine rings is 1. The molecule has 2 saturated heterocycles. The average molecular weight is 376 g/mol. The molecule has 6 nitrogen and oxygen atoms in total. The van der Waals surface area contributed by atoms with Crippen LogP contribution in [0.3, 0.4) is 0 Å². The van der Waals surface area contributed by atoms with Gasteiger partial charge in [0.2, 0.25) is 0 Å². The summed E-state index contributed by atoms with van der Waals surface area (Å²) in [6.45, 7) is 5.92. The van der Waals surface area contributed by atoms with Crippen LogP contribution < -0.4 is 0 Å². The number of hydrogen-bond donors (Lipinski definition) is 1. The van der Waals surface area contributed by atoms with Crippen LogP contribution in [0.2, 0.25) is 0 Å². The maximum absolute atomic E-state index is 14.5. The first kappa shape index (κ1) is 19.6. The van der Waals surface area contributed by atoms with Gasteiger partial charge in [0.15, 0.2) is 0 Å². The molecule has 1 aromatic carbocycles. The number of fused-ring (bicyclic) bond motifs is 2. The van der Waals surface area contributed by atoms with Gasteiger partial charge >= 0.3 is 6.09 Å². The van der Waals surface area contributed by atoms with Gasteiger partial charge in [-0.15, -0.1) is 0 Å². The van der Waals surface area contributed by atoms with Crippen LogP contribution in [0.1, 0.15) is 44.7 Å². The second-order valence-electron chi connectivity index (χ2n) is 8.32. The molecule has 0 saturated carbocycles. The van der Waals surface area contributed by atoms with Gasteiger partial charge in [-0.3, -0.25) is 4.90 Å². The highest BCUT2D eigenvalue weighted by atomic mass is 19.1. The summed E-state index contributed by atoms with van der Waals surface area (Å²) in [4.78, 5) is 14.3. The van der Waals surface area contributed by atoms with Crippen LogP contribution in [-0.4, -0.2) is 47.0 Å². The van der Waals surface area contributed by atoms with E-state index in [1.54, 1.807) is 37.8 Å². The third kappa shape index (κ3) is 4.07. The lowest BCUT2D eigenvalue weighted by Gasteiger charge is -2.51. The number of nitrogens with zero attached hydrogens (tertiary/aromatic N) is 2. The zero-order valence-corrected chi connectivity index (χ0v) is 15.9. The van der Waals surface area contributed by atoms with Gasteiger partial charge in [0.25, 0.3) is 0 Å². The number of hydrogen-bond acceptors (Lipinski definition) is 5. The number of benzene rings is 1.